The number of anilines is 1. The molecule has 2 heterocycles. The number of likely N-dealkylation sites (tertiary alicyclic amines) is 1. The third-order valence-corrected chi connectivity index (χ3v) is 6.60. The molecule has 0 unspecified atom stereocenters. The summed E-state index contributed by atoms with van der Waals surface area (Å²) in [5, 5.41) is 12.1. The first-order valence-corrected chi connectivity index (χ1v) is 12.1. The van der Waals surface area contributed by atoms with Crippen LogP contribution in [-0.2, 0) is 4.74 Å². The number of halogens is 2. The minimum absolute atomic E-state index is 0.0361. The Morgan fingerprint density at radius 3 is 2.71 bits per heavy atom. The molecule has 2 aliphatic heterocycles. The lowest BCUT2D eigenvalue weighted by Crippen LogP contribution is -2.55. The third kappa shape index (κ3) is 4.57. The zero-order valence-corrected chi connectivity index (χ0v) is 20.7. The molecule has 0 aliphatic carbocycles. The van der Waals surface area contributed by atoms with Crippen LogP contribution in [0.2, 0.25) is 5.02 Å². The molecule has 5 rings (SSSR count). The zero-order chi connectivity index (χ0) is 24.9. The lowest BCUT2D eigenvalue weighted by atomic mass is 9.95. The standard InChI is InChI=1S/C27H28ClFN2O4/c1-27(2,3)35-26(33)31-14-16(15-31)13-30-8-9-34-25-22(30)12-21(28)23(24(25)29)20-11-18(32)10-17-6-4-5-7-19(17)20/h4-7,10-12,16,32H,8-9,13-15H2,1-3H3. The first-order chi connectivity index (χ1) is 16.6. The maximum Gasteiger partial charge on any atom is 0.410 e. The molecule has 0 atom stereocenters. The van der Waals surface area contributed by atoms with Crippen molar-refractivity contribution in [2.75, 3.05) is 37.7 Å². The van der Waals surface area contributed by atoms with Gasteiger partial charge < -0.3 is 24.4 Å². The van der Waals surface area contributed by atoms with Gasteiger partial charge in [0.25, 0.3) is 0 Å². The highest BCUT2D eigenvalue weighted by atomic mass is 35.5. The molecule has 35 heavy (non-hydrogen) atoms. The van der Waals surface area contributed by atoms with Gasteiger partial charge in [0.2, 0.25) is 0 Å². The first-order valence-electron chi connectivity index (χ1n) is 11.7. The molecule has 1 fully saturated rings. The Kier molecular flexibility index (Phi) is 5.91. The molecule has 0 radical (unpaired) electrons. The number of rotatable bonds is 3. The van der Waals surface area contributed by atoms with Crippen LogP contribution < -0.4 is 9.64 Å². The minimum atomic E-state index is -0.544. The van der Waals surface area contributed by atoms with E-state index in [0.717, 1.165) is 10.8 Å². The summed E-state index contributed by atoms with van der Waals surface area (Å²) in [4.78, 5) is 16.0. The highest BCUT2D eigenvalue weighted by Gasteiger charge is 2.36. The third-order valence-electron chi connectivity index (χ3n) is 6.31. The number of nitrogens with zero attached hydrogens (tertiary/aromatic N) is 2. The Balaban J connectivity index is 1.41. The van der Waals surface area contributed by atoms with Crippen molar-refractivity contribution < 1.29 is 23.8 Å². The van der Waals surface area contributed by atoms with E-state index in [0.29, 0.717) is 44.0 Å². The summed E-state index contributed by atoms with van der Waals surface area (Å²) < 4.78 is 27.1. The molecule has 1 amide bonds. The van der Waals surface area contributed by atoms with Crippen molar-refractivity contribution in [3.8, 4) is 22.6 Å². The molecule has 1 saturated heterocycles. The molecule has 1 N–H and O–H groups in total. The Morgan fingerprint density at radius 2 is 1.97 bits per heavy atom. The summed E-state index contributed by atoms with van der Waals surface area (Å²) in [5.74, 6) is -0.109. The largest absolute Gasteiger partial charge is 0.508 e. The number of carbonyl (C=O) groups is 1. The van der Waals surface area contributed by atoms with Crippen molar-refractivity contribution in [1.82, 2.24) is 4.90 Å². The van der Waals surface area contributed by atoms with Gasteiger partial charge in [-0.1, -0.05) is 35.9 Å². The second kappa shape index (κ2) is 8.79. The van der Waals surface area contributed by atoms with Crippen LogP contribution in [0.1, 0.15) is 20.8 Å². The number of hydrogen-bond acceptors (Lipinski definition) is 5. The van der Waals surface area contributed by atoms with Crippen LogP contribution in [0.25, 0.3) is 21.9 Å². The van der Waals surface area contributed by atoms with Gasteiger partial charge in [-0.05, 0) is 55.3 Å². The fourth-order valence-electron chi connectivity index (χ4n) is 4.75. The summed E-state index contributed by atoms with van der Waals surface area (Å²) in [6.45, 7) is 8.31. The van der Waals surface area contributed by atoms with Crippen molar-refractivity contribution in [3.05, 3.63) is 53.3 Å². The lowest BCUT2D eigenvalue weighted by Gasteiger charge is -2.43. The van der Waals surface area contributed by atoms with Gasteiger partial charge in [0.15, 0.2) is 11.6 Å². The van der Waals surface area contributed by atoms with Crippen LogP contribution in [0, 0.1) is 11.7 Å². The number of hydrogen-bond donors (Lipinski definition) is 1. The molecule has 0 bridgehead atoms. The van der Waals surface area contributed by atoms with Gasteiger partial charge in [0, 0.05) is 31.1 Å². The van der Waals surface area contributed by atoms with Crippen LogP contribution in [0.3, 0.4) is 0 Å². The summed E-state index contributed by atoms with van der Waals surface area (Å²) in [6.07, 6.45) is -0.312. The van der Waals surface area contributed by atoms with E-state index in [1.54, 1.807) is 17.0 Å². The molecular weight excluding hydrogens is 471 g/mol. The minimum Gasteiger partial charge on any atom is -0.508 e. The van der Waals surface area contributed by atoms with E-state index in [2.05, 4.69) is 4.90 Å². The second-order valence-corrected chi connectivity index (χ2v) is 10.6. The molecule has 2 aliphatic rings. The SMILES string of the molecule is CC(C)(C)OC(=O)N1CC(CN2CCOc3c2cc(Cl)c(-c2cc(O)cc4ccccc24)c3F)C1. The molecule has 0 spiro atoms. The predicted molar refractivity (Wildman–Crippen MR) is 135 cm³/mol. The number of phenols is 1. The van der Waals surface area contributed by atoms with E-state index in [1.165, 1.54) is 6.07 Å². The molecule has 6 nitrogen and oxygen atoms in total. The Hall–Kier alpha value is -3.19. The Bertz CT molecular complexity index is 1300. The van der Waals surface area contributed by atoms with Crippen molar-refractivity contribution in [2.24, 2.45) is 5.92 Å². The van der Waals surface area contributed by atoms with E-state index in [4.69, 9.17) is 21.1 Å². The molecule has 0 aromatic heterocycles. The predicted octanol–water partition coefficient (Wildman–Crippen LogP) is 6.07. The van der Waals surface area contributed by atoms with E-state index < -0.39 is 11.4 Å². The second-order valence-electron chi connectivity index (χ2n) is 10.2. The molecule has 3 aromatic rings. The fraction of sp³-hybridized carbons (Fsp3) is 0.370. The molecule has 8 heteroatoms. The van der Waals surface area contributed by atoms with E-state index in [1.807, 2.05) is 45.0 Å². The average molecular weight is 499 g/mol. The number of fused-ring (bicyclic) bond motifs is 2. The maximum absolute atomic E-state index is 15.9. The summed E-state index contributed by atoms with van der Waals surface area (Å²) in [6, 6.07) is 12.4. The lowest BCUT2D eigenvalue weighted by molar-refractivity contribution is -0.0000784. The Morgan fingerprint density at radius 1 is 1.23 bits per heavy atom. The monoisotopic (exact) mass is 498 g/mol. The van der Waals surface area contributed by atoms with Gasteiger partial charge in [0.05, 0.1) is 17.3 Å². The quantitative estimate of drug-likeness (QED) is 0.475. The van der Waals surface area contributed by atoms with Crippen LogP contribution in [0.15, 0.2) is 42.5 Å². The van der Waals surface area contributed by atoms with Crippen molar-refractivity contribution in [3.63, 3.8) is 0 Å². The van der Waals surface area contributed by atoms with E-state index >= 15 is 4.39 Å². The van der Waals surface area contributed by atoms with Gasteiger partial charge in [0.1, 0.15) is 18.0 Å². The van der Waals surface area contributed by atoms with Gasteiger partial charge in [-0.3, -0.25) is 0 Å². The summed E-state index contributed by atoms with van der Waals surface area (Å²) >= 11 is 6.66. The fourth-order valence-corrected chi connectivity index (χ4v) is 5.04. The molecule has 3 aromatic carbocycles. The van der Waals surface area contributed by atoms with Crippen LogP contribution in [0.4, 0.5) is 14.9 Å². The molecule has 184 valence electrons. The number of carbonyl (C=O) groups excluding carboxylic acids is 1. The normalized spacial score (nSPS) is 16.0. The number of amides is 1. The van der Waals surface area contributed by atoms with Gasteiger partial charge >= 0.3 is 6.09 Å². The van der Waals surface area contributed by atoms with Gasteiger partial charge in [-0.25, -0.2) is 9.18 Å². The van der Waals surface area contributed by atoms with Crippen molar-refractivity contribution in [1.29, 1.82) is 0 Å². The first kappa shape index (κ1) is 23.5. The van der Waals surface area contributed by atoms with E-state index in [-0.39, 0.29) is 34.1 Å². The smallest absolute Gasteiger partial charge is 0.410 e. The van der Waals surface area contributed by atoms with Gasteiger partial charge in [-0.15, -0.1) is 0 Å². The zero-order valence-electron chi connectivity index (χ0n) is 20.0. The maximum atomic E-state index is 15.9. The summed E-state index contributed by atoms with van der Waals surface area (Å²) in [7, 11) is 0. The molecule has 0 saturated carbocycles. The molecular formula is C27H28ClFN2O4. The highest BCUT2D eigenvalue weighted by molar-refractivity contribution is 6.34. The van der Waals surface area contributed by atoms with Crippen molar-refractivity contribution in [2.45, 2.75) is 26.4 Å². The van der Waals surface area contributed by atoms with Crippen LogP contribution in [0.5, 0.6) is 11.5 Å². The van der Waals surface area contributed by atoms with Crippen LogP contribution in [-0.4, -0.2) is 54.5 Å². The number of phenolic OH excluding ortho intramolecular Hbond substituents is 1. The van der Waals surface area contributed by atoms with Crippen molar-refractivity contribution >= 4 is 34.2 Å². The van der Waals surface area contributed by atoms with E-state index in [9.17, 15) is 9.90 Å². The number of ether oxygens (including phenoxy) is 2. The van der Waals surface area contributed by atoms with Crippen LogP contribution >= 0.6 is 11.6 Å². The topological polar surface area (TPSA) is 62.2 Å². The summed E-state index contributed by atoms with van der Waals surface area (Å²) in [5.41, 5.74) is 0.790. The Labute approximate surface area is 208 Å². The number of benzene rings is 3. The average Bonchev–Trinajstić information content (AvgIpc) is 2.74. The highest BCUT2D eigenvalue weighted by Crippen LogP contribution is 2.46. The van der Waals surface area contributed by atoms with Gasteiger partial charge in [-0.2, -0.15) is 0 Å². The number of aromatic hydroxyl groups is 1.